The molecule has 0 fully saturated rings. The van der Waals surface area contributed by atoms with Crippen LogP contribution in [0, 0.1) is 13.8 Å². The monoisotopic (exact) mass is 401 g/mol. The van der Waals surface area contributed by atoms with Gasteiger partial charge in [0.05, 0.1) is 0 Å². The topological polar surface area (TPSA) is 109 Å². The Morgan fingerprint density at radius 1 is 1.07 bits per heavy atom. The zero-order chi connectivity index (χ0) is 20.4. The number of nitrogens with two attached hydrogens (primary N) is 1. The normalized spacial score (nSPS) is 10.7. The quantitative estimate of drug-likeness (QED) is 0.399. The van der Waals surface area contributed by atoms with E-state index in [1.807, 2.05) is 13.8 Å². The lowest BCUT2D eigenvalue weighted by molar-refractivity contribution is -0.136. The van der Waals surface area contributed by atoms with Gasteiger partial charge < -0.3 is 19.6 Å². The van der Waals surface area contributed by atoms with E-state index in [0.29, 0.717) is 16.2 Å². The summed E-state index contributed by atoms with van der Waals surface area (Å²) in [5, 5.41) is 1.11. The van der Waals surface area contributed by atoms with Gasteiger partial charge in [0.15, 0.2) is 6.61 Å². The van der Waals surface area contributed by atoms with Gasteiger partial charge in [-0.05, 0) is 55.3 Å². The minimum absolute atomic E-state index is 0.158. The predicted molar refractivity (Wildman–Crippen MR) is 103 cm³/mol. The van der Waals surface area contributed by atoms with Crippen molar-refractivity contribution in [2.75, 3.05) is 6.61 Å². The van der Waals surface area contributed by atoms with Crippen molar-refractivity contribution in [3.05, 3.63) is 68.5 Å². The number of carbonyl (C=O) groups excluding carboxylic acids is 2. The van der Waals surface area contributed by atoms with Crippen LogP contribution in [-0.2, 0) is 4.79 Å². The maximum atomic E-state index is 12.0. The Morgan fingerprint density at radius 3 is 2.39 bits per heavy atom. The Kier molecular flexibility index (Phi) is 5.37. The molecule has 0 bridgehead atoms. The summed E-state index contributed by atoms with van der Waals surface area (Å²) in [6.07, 6.45) is 0. The average Bonchev–Trinajstić information content (AvgIpc) is 2.63. The summed E-state index contributed by atoms with van der Waals surface area (Å²) in [4.78, 5) is 35.0. The molecule has 1 amide bonds. The first-order chi connectivity index (χ1) is 13.2. The van der Waals surface area contributed by atoms with Crippen LogP contribution in [0.15, 0.2) is 45.6 Å². The van der Waals surface area contributed by atoms with E-state index in [0.717, 1.165) is 11.1 Å². The van der Waals surface area contributed by atoms with Crippen LogP contribution in [0.4, 0.5) is 0 Å². The lowest BCUT2D eigenvalue weighted by Crippen LogP contribution is -2.20. The number of aryl methyl sites for hydroxylation is 2. The van der Waals surface area contributed by atoms with E-state index >= 15 is 0 Å². The molecule has 1 aromatic heterocycles. The van der Waals surface area contributed by atoms with Gasteiger partial charge in [-0.1, -0.05) is 11.6 Å². The van der Waals surface area contributed by atoms with Gasteiger partial charge in [-0.25, -0.2) is 9.59 Å². The van der Waals surface area contributed by atoms with E-state index < -0.39 is 17.5 Å². The van der Waals surface area contributed by atoms with Crippen LogP contribution >= 0.6 is 11.6 Å². The molecule has 3 rings (SSSR count). The number of benzene rings is 2. The van der Waals surface area contributed by atoms with Crippen LogP contribution < -0.4 is 20.8 Å². The second-order valence-corrected chi connectivity index (χ2v) is 6.52. The Hall–Kier alpha value is -3.32. The zero-order valence-electron chi connectivity index (χ0n) is 15.1. The number of carbonyl (C=O) groups is 2. The Morgan fingerprint density at radius 2 is 1.75 bits per heavy atom. The van der Waals surface area contributed by atoms with Gasteiger partial charge >= 0.3 is 11.6 Å². The van der Waals surface area contributed by atoms with Crippen molar-refractivity contribution in [3.8, 4) is 11.5 Å². The molecule has 8 heteroatoms. The van der Waals surface area contributed by atoms with Crippen LogP contribution in [0.5, 0.6) is 11.5 Å². The SMILES string of the molecule is Cc1cc(OCC(=O)Oc2ccc3cc(C(N)=O)c(=O)oc3c2)cc(C)c1Cl. The van der Waals surface area contributed by atoms with E-state index in [2.05, 4.69) is 0 Å². The van der Waals surface area contributed by atoms with Crippen molar-refractivity contribution >= 4 is 34.4 Å². The lowest BCUT2D eigenvalue weighted by atomic mass is 10.1. The van der Waals surface area contributed by atoms with Gasteiger partial charge in [-0.3, -0.25) is 4.79 Å². The number of fused-ring (bicyclic) bond motifs is 1. The zero-order valence-corrected chi connectivity index (χ0v) is 15.8. The van der Waals surface area contributed by atoms with E-state index in [9.17, 15) is 14.4 Å². The molecule has 0 aliphatic rings. The molecule has 0 saturated heterocycles. The van der Waals surface area contributed by atoms with Gasteiger partial charge in [0, 0.05) is 16.5 Å². The largest absolute Gasteiger partial charge is 0.482 e. The molecule has 7 nitrogen and oxygen atoms in total. The predicted octanol–water partition coefficient (Wildman–Crippen LogP) is 3.15. The summed E-state index contributed by atoms with van der Waals surface area (Å²) in [6, 6.07) is 9.19. The first-order valence-electron chi connectivity index (χ1n) is 8.22. The molecular formula is C20H16ClNO6. The molecule has 0 radical (unpaired) electrons. The third-order valence-corrected chi connectivity index (χ3v) is 4.57. The minimum atomic E-state index is -0.879. The summed E-state index contributed by atoms with van der Waals surface area (Å²) in [5.41, 5.74) is 5.84. The van der Waals surface area contributed by atoms with Crippen molar-refractivity contribution in [2.45, 2.75) is 13.8 Å². The third kappa shape index (κ3) is 4.15. The number of esters is 1. The van der Waals surface area contributed by atoms with E-state index in [1.165, 1.54) is 18.2 Å². The molecule has 0 aliphatic heterocycles. The fourth-order valence-electron chi connectivity index (χ4n) is 2.62. The highest BCUT2D eigenvalue weighted by atomic mass is 35.5. The highest BCUT2D eigenvalue weighted by Gasteiger charge is 2.13. The molecule has 0 spiro atoms. The summed E-state index contributed by atoms with van der Waals surface area (Å²) in [5.74, 6) is -0.851. The fourth-order valence-corrected chi connectivity index (χ4v) is 2.73. The Labute approximate surface area is 164 Å². The van der Waals surface area contributed by atoms with E-state index in [4.69, 9.17) is 31.2 Å². The molecule has 3 aromatic rings. The summed E-state index contributed by atoms with van der Waals surface area (Å²) >= 11 is 6.10. The lowest BCUT2D eigenvalue weighted by Gasteiger charge is -2.10. The number of halogens is 1. The fraction of sp³-hybridized carbons (Fsp3) is 0.150. The number of rotatable bonds is 5. The average molecular weight is 402 g/mol. The molecule has 144 valence electrons. The van der Waals surface area contributed by atoms with Gasteiger partial charge in [-0.2, -0.15) is 0 Å². The van der Waals surface area contributed by atoms with Crippen molar-refractivity contribution in [1.82, 2.24) is 0 Å². The number of hydrogen-bond donors (Lipinski definition) is 1. The van der Waals surface area contributed by atoms with Crippen LogP contribution in [0.1, 0.15) is 21.5 Å². The molecule has 2 N–H and O–H groups in total. The third-order valence-electron chi connectivity index (χ3n) is 3.97. The van der Waals surface area contributed by atoms with Gasteiger partial charge in [0.1, 0.15) is 22.6 Å². The second kappa shape index (κ2) is 7.74. The highest BCUT2D eigenvalue weighted by molar-refractivity contribution is 6.32. The molecule has 0 atom stereocenters. The number of ether oxygens (including phenoxy) is 2. The van der Waals surface area contributed by atoms with Crippen LogP contribution in [-0.4, -0.2) is 18.5 Å². The van der Waals surface area contributed by atoms with Crippen LogP contribution in [0.25, 0.3) is 11.0 Å². The molecule has 0 unspecified atom stereocenters. The summed E-state index contributed by atoms with van der Waals surface area (Å²) in [6.45, 7) is 3.36. The van der Waals surface area contributed by atoms with Crippen LogP contribution in [0.2, 0.25) is 5.02 Å². The standard InChI is InChI=1S/C20H16ClNO6/c1-10-5-14(6-11(2)18(10)21)26-9-17(23)27-13-4-3-12-7-15(19(22)24)20(25)28-16(12)8-13/h3-8H,9H2,1-2H3,(H2,22,24). The Balaban J connectivity index is 1.72. The first-order valence-corrected chi connectivity index (χ1v) is 8.60. The van der Waals surface area contributed by atoms with Crippen molar-refractivity contribution in [1.29, 1.82) is 0 Å². The minimum Gasteiger partial charge on any atom is -0.482 e. The van der Waals surface area contributed by atoms with Gasteiger partial charge in [0.2, 0.25) is 0 Å². The molecular weight excluding hydrogens is 386 g/mol. The van der Waals surface area contributed by atoms with E-state index in [-0.39, 0.29) is 23.5 Å². The van der Waals surface area contributed by atoms with Crippen molar-refractivity contribution in [3.63, 3.8) is 0 Å². The summed E-state index contributed by atoms with van der Waals surface area (Å²) in [7, 11) is 0. The molecule has 28 heavy (non-hydrogen) atoms. The van der Waals surface area contributed by atoms with Crippen LogP contribution in [0.3, 0.4) is 0 Å². The van der Waals surface area contributed by atoms with Crippen molar-refractivity contribution in [2.24, 2.45) is 5.73 Å². The Bertz CT molecular complexity index is 1130. The second-order valence-electron chi connectivity index (χ2n) is 6.15. The number of primary amides is 1. The van der Waals surface area contributed by atoms with Gasteiger partial charge in [0.25, 0.3) is 5.91 Å². The van der Waals surface area contributed by atoms with Crippen molar-refractivity contribution < 1.29 is 23.5 Å². The highest BCUT2D eigenvalue weighted by Crippen LogP contribution is 2.26. The molecule has 1 heterocycles. The maximum absolute atomic E-state index is 12.0. The van der Waals surface area contributed by atoms with E-state index in [1.54, 1.807) is 18.2 Å². The summed E-state index contributed by atoms with van der Waals surface area (Å²) < 4.78 is 15.7. The van der Waals surface area contributed by atoms with Gasteiger partial charge in [-0.15, -0.1) is 0 Å². The number of amides is 1. The molecule has 0 saturated carbocycles. The molecule has 2 aromatic carbocycles. The molecule has 0 aliphatic carbocycles. The number of hydrogen-bond acceptors (Lipinski definition) is 6. The first kappa shape index (κ1) is 19.4. The maximum Gasteiger partial charge on any atom is 0.349 e. The smallest absolute Gasteiger partial charge is 0.349 e.